The third-order valence-electron chi connectivity index (χ3n) is 7.82. The quantitative estimate of drug-likeness (QED) is 0.743. The molecule has 152 valence electrons. The number of hydrogen-bond donors (Lipinski definition) is 2. The number of rotatable bonds is 7. The van der Waals surface area contributed by atoms with Crippen LogP contribution >= 0.6 is 0 Å². The van der Waals surface area contributed by atoms with Crippen molar-refractivity contribution in [1.82, 2.24) is 10.6 Å². The minimum absolute atomic E-state index is 0.0942. The molecule has 5 aliphatic rings. The Morgan fingerprint density at radius 2 is 1.61 bits per heavy atom. The zero-order valence-electron chi connectivity index (χ0n) is 17.2. The van der Waals surface area contributed by atoms with Crippen molar-refractivity contribution in [3.05, 3.63) is 29.8 Å². The molecule has 0 spiro atoms. The van der Waals surface area contributed by atoms with Crippen molar-refractivity contribution in [2.24, 2.45) is 23.7 Å². The van der Waals surface area contributed by atoms with Gasteiger partial charge in [-0.25, -0.2) is 0 Å². The van der Waals surface area contributed by atoms with Gasteiger partial charge in [-0.1, -0.05) is 12.1 Å². The van der Waals surface area contributed by atoms with E-state index in [1.54, 1.807) is 7.11 Å². The van der Waals surface area contributed by atoms with Crippen molar-refractivity contribution < 1.29 is 9.53 Å². The molecule has 28 heavy (non-hydrogen) atoms. The number of carbonyl (C=O) groups is 1. The molecule has 0 saturated heterocycles. The van der Waals surface area contributed by atoms with Crippen LogP contribution in [-0.4, -0.2) is 24.6 Å². The lowest BCUT2D eigenvalue weighted by molar-refractivity contribution is -0.128. The molecular formula is C24H34N2O2. The minimum atomic E-state index is -0.166. The summed E-state index contributed by atoms with van der Waals surface area (Å²) in [6, 6.07) is 8.40. The van der Waals surface area contributed by atoms with Crippen LogP contribution in [-0.2, 0) is 4.79 Å². The summed E-state index contributed by atoms with van der Waals surface area (Å²) >= 11 is 0. The van der Waals surface area contributed by atoms with Crippen LogP contribution in [0.1, 0.15) is 69.9 Å². The van der Waals surface area contributed by atoms with E-state index in [0.29, 0.717) is 5.92 Å². The van der Waals surface area contributed by atoms with Gasteiger partial charge in [0, 0.05) is 11.6 Å². The van der Waals surface area contributed by atoms with Gasteiger partial charge in [0.05, 0.1) is 13.2 Å². The summed E-state index contributed by atoms with van der Waals surface area (Å²) in [4.78, 5) is 13.1. The molecule has 5 aliphatic carbocycles. The van der Waals surface area contributed by atoms with Gasteiger partial charge in [-0.15, -0.1) is 0 Å². The molecule has 1 aromatic rings. The highest BCUT2D eigenvalue weighted by Crippen LogP contribution is 2.55. The highest BCUT2D eigenvalue weighted by atomic mass is 16.5. The van der Waals surface area contributed by atoms with Crippen LogP contribution in [0.15, 0.2) is 24.3 Å². The summed E-state index contributed by atoms with van der Waals surface area (Å²) in [6.45, 7) is 2.04. The molecule has 0 aromatic heterocycles. The first kappa shape index (κ1) is 18.5. The fourth-order valence-corrected chi connectivity index (χ4v) is 6.72. The maximum absolute atomic E-state index is 13.1. The number of methoxy groups -OCH3 is 1. The highest BCUT2D eigenvalue weighted by Gasteiger charge is 2.51. The van der Waals surface area contributed by atoms with Gasteiger partial charge in [-0.05, 0) is 99.7 Å². The topological polar surface area (TPSA) is 50.4 Å². The summed E-state index contributed by atoms with van der Waals surface area (Å²) in [7, 11) is 1.70. The van der Waals surface area contributed by atoms with Crippen LogP contribution < -0.4 is 15.4 Å². The van der Waals surface area contributed by atoms with Crippen LogP contribution in [0.4, 0.5) is 0 Å². The SMILES string of the molecule is COc1ccc(C(NC(C)C(=O)NC23CC4CC(CC(C4)C2)C3)C2CC2)cc1. The van der Waals surface area contributed by atoms with Crippen molar-refractivity contribution in [2.75, 3.05) is 7.11 Å². The second-order valence-electron chi connectivity index (χ2n) is 10.2. The average molecular weight is 383 g/mol. The first-order chi connectivity index (χ1) is 13.5. The largest absolute Gasteiger partial charge is 0.497 e. The standard InChI is InChI=1S/C24H34N2O2/c1-15(25-22(19-3-4-19)20-5-7-21(28-2)8-6-20)23(27)26-24-12-16-9-17(13-24)11-18(10-16)14-24/h5-8,15-19,22,25H,3-4,9-14H2,1-2H3,(H,26,27). The summed E-state index contributed by atoms with van der Waals surface area (Å²) < 4.78 is 5.29. The smallest absolute Gasteiger partial charge is 0.237 e. The molecule has 6 rings (SSSR count). The molecule has 5 fully saturated rings. The van der Waals surface area contributed by atoms with Crippen LogP contribution in [0.25, 0.3) is 0 Å². The Morgan fingerprint density at radius 3 is 2.11 bits per heavy atom. The van der Waals surface area contributed by atoms with E-state index in [1.807, 2.05) is 19.1 Å². The first-order valence-electron chi connectivity index (χ1n) is 11.3. The molecule has 2 unspecified atom stereocenters. The monoisotopic (exact) mass is 382 g/mol. The van der Waals surface area contributed by atoms with E-state index >= 15 is 0 Å². The zero-order valence-corrected chi connectivity index (χ0v) is 17.2. The van der Waals surface area contributed by atoms with Gasteiger partial charge in [0.1, 0.15) is 5.75 Å². The number of carbonyl (C=O) groups excluding carboxylic acids is 1. The number of ether oxygens (including phenoxy) is 1. The van der Waals surface area contributed by atoms with Gasteiger partial charge in [0.25, 0.3) is 0 Å². The summed E-state index contributed by atoms with van der Waals surface area (Å²) in [6.07, 6.45) is 10.3. The Balaban J connectivity index is 1.25. The number of hydrogen-bond acceptors (Lipinski definition) is 3. The molecule has 0 aliphatic heterocycles. The fraction of sp³-hybridized carbons (Fsp3) is 0.708. The molecule has 2 N–H and O–H groups in total. The van der Waals surface area contributed by atoms with Gasteiger partial charge in [0.2, 0.25) is 5.91 Å². The third kappa shape index (κ3) is 3.56. The molecule has 0 radical (unpaired) electrons. The normalized spacial score (nSPS) is 35.4. The lowest BCUT2D eigenvalue weighted by atomic mass is 9.53. The first-order valence-corrected chi connectivity index (χ1v) is 11.3. The van der Waals surface area contributed by atoms with Crippen molar-refractivity contribution in [2.45, 2.75) is 75.9 Å². The Labute approximate surface area is 168 Å². The molecule has 4 heteroatoms. The lowest BCUT2D eigenvalue weighted by Gasteiger charge is -2.57. The highest BCUT2D eigenvalue weighted by molar-refractivity contribution is 5.82. The summed E-state index contributed by atoms with van der Waals surface area (Å²) in [5.41, 5.74) is 1.36. The Morgan fingerprint density at radius 1 is 1.04 bits per heavy atom. The molecule has 5 saturated carbocycles. The molecule has 4 nitrogen and oxygen atoms in total. The van der Waals surface area contributed by atoms with Crippen molar-refractivity contribution >= 4 is 5.91 Å². The molecule has 0 heterocycles. The van der Waals surface area contributed by atoms with Crippen molar-refractivity contribution in [3.8, 4) is 5.75 Å². The Kier molecular flexibility index (Phi) is 4.65. The zero-order chi connectivity index (χ0) is 19.3. The lowest BCUT2D eigenvalue weighted by Crippen LogP contribution is -2.62. The van der Waals surface area contributed by atoms with Gasteiger partial charge in [-0.3, -0.25) is 10.1 Å². The van der Waals surface area contributed by atoms with E-state index in [1.165, 1.54) is 56.9 Å². The van der Waals surface area contributed by atoms with E-state index < -0.39 is 0 Å². The molecule has 4 bridgehead atoms. The Bertz CT molecular complexity index is 689. The van der Waals surface area contributed by atoms with Gasteiger partial charge in [-0.2, -0.15) is 0 Å². The maximum Gasteiger partial charge on any atom is 0.237 e. The van der Waals surface area contributed by atoms with Gasteiger partial charge in [0.15, 0.2) is 0 Å². The number of amides is 1. The van der Waals surface area contributed by atoms with Crippen LogP contribution in [0.2, 0.25) is 0 Å². The molecular weight excluding hydrogens is 348 g/mol. The summed E-state index contributed by atoms with van der Waals surface area (Å²) in [5.74, 6) is 4.28. The maximum atomic E-state index is 13.1. The molecule has 1 amide bonds. The van der Waals surface area contributed by atoms with E-state index in [9.17, 15) is 4.79 Å². The fourth-order valence-electron chi connectivity index (χ4n) is 6.72. The number of nitrogens with one attached hydrogen (secondary N) is 2. The van der Waals surface area contributed by atoms with Gasteiger partial charge < -0.3 is 10.1 Å². The number of benzene rings is 1. The van der Waals surface area contributed by atoms with E-state index in [4.69, 9.17) is 4.74 Å². The second-order valence-corrected chi connectivity index (χ2v) is 10.2. The predicted molar refractivity (Wildman–Crippen MR) is 110 cm³/mol. The van der Waals surface area contributed by atoms with Crippen LogP contribution in [0, 0.1) is 23.7 Å². The summed E-state index contributed by atoms with van der Waals surface area (Å²) in [5, 5.41) is 7.20. The third-order valence-corrected chi connectivity index (χ3v) is 7.82. The molecule has 1 aromatic carbocycles. The predicted octanol–water partition coefficient (Wildman–Crippen LogP) is 4.21. The average Bonchev–Trinajstić information content (AvgIpc) is 3.49. The second kappa shape index (κ2) is 7.05. The van der Waals surface area contributed by atoms with Crippen molar-refractivity contribution in [3.63, 3.8) is 0 Å². The molecule has 2 atom stereocenters. The van der Waals surface area contributed by atoms with Crippen LogP contribution in [0.3, 0.4) is 0 Å². The van der Waals surface area contributed by atoms with E-state index in [0.717, 1.165) is 23.5 Å². The van der Waals surface area contributed by atoms with Crippen molar-refractivity contribution in [1.29, 1.82) is 0 Å². The van der Waals surface area contributed by atoms with E-state index in [2.05, 4.69) is 22.8 Å². The van der Waals surface area contributed by atoms with Crippen LogP contribution in [0.5, 0.6) is 5.75 Å². The van der Waals surface area contributed by atoms with E-state index in [-0.39, 0.29) is 23.5 Å². The Hall–Kier alpha value is -1.55. The van der Waals surface area contributed by atoms with Gasteiger partial charge >= 0.3 is 0 Å². The minimum Gasteiger partial charge on any atom is -0.497 e.